The van der Waals surface area contributed by atoms with Gasteiger partial charge in [0, 0.05) is 18.4 Å². The molecule has 0 fully saturated rings. The van der Waals surface area contributed by atoms with Crippen LogP contribution in [0, 0.1) is 5.92 Å². The third kappa shape index (κ3) is 6.01. The van der Waals surface area contributed by atoms with Crippen LogP contribution >= 0.6 is 15.9 Å². The predicted molar refractivity (Wildman–Crippen MR) is 60.0 cm³/mol. The first-order valence-electron chi connectivity index (χ1n) is 5.02. The summed E-state index contributed by atoms with van der Waals surface area (Å²) < 4.78 is 0. The van der Waals surface area contributed by atoms with Gasteiger partial charge in [-0.2, -0.15) is 0 Å². The molecular weight excluding hydrogens is 214 g/mol. The van der Waals surface area contributed by atoms with Crippen LogP contribution in [-0.4, -0.2) is 29.9 Å². The van der Waals surface area contributed by atoms with Gasteiger partial charge in [0.1, 0.15) is 0 Å². The maximum atomic E-state index is 3.48. The van der Waals surface area contributed by atoms with E-state index in [1.54, 1.807) is 0 Å². The van der Waals surface area contributed by atoms with Crippen molar-refractivity contribution < 1.29 is 0 Å². The van der Waals surface area contributed by atoms with Crippen molar-refractivity contribution in [2.24, 2.45) is 5.92 Å². The van der Waals surface area contributed by atoms with Crippen LogP contribution in [-0.2, 0) is 0 Å². The summed E-state index contributed by atoms with van der Waals surface area (Å²) in [4.78, 5) is 2.51. The van der Waals surface area contributed by atoms with E-state index in [0.29, 0.717) is 0 Å². The van der Waals surface area contributed by atoms with Gasteiger partial charge in [-0.3, -0.25) is 0 Å². The molecule has 0 aromatic heterocycles. The lowest BCUT2D eigenvalue weighted by Gasteiger charge is -2.22. The van der Waals surface area contributed by atoms with Gasteiger partial charge in [0.05, 0.1) is 0 Å². The summed E-state index contributed by atoms with van der Waals surface area (Å²) in [6.45, 7) is 10.5. The second-order valence-corrected chi connectivity index (χ2v) is 4.27. The van der Waals surface area contributed by atoms with Gasteiger partial charge in [-0.25, -0.2) is 0 Å². The molecule has 0 aliphatic carbocycles. The maximum Gasteiger partial charge on any atom is 0.0159 e. The second kappa shape index (κ2) is 8.06. The highest BCUT2D eigenvalue weighted by molar-refractivity contribution is 9.09. The van der Waals surface area contributed by atoms with Gasteiger partial charge < -0.3 is 4.90 Å². The SMILES string of the molecule is CCCC(C)CN(CC)CCBr. The van der Waals surface area contributed by atoms with Gasteiger partial charge in [-0.1, -0.05) is 43.1 Å². The van der Waals surface area contributed by atoms with E-state index in [2.05, 4.69) is 41.6 Å². The lowest BCUT2D eigenvalue weighted by molar-refractivity contribution is 0.256. The normalized spacial score (nSPS) is 13.8. The molecule has 0 radical (unpaired) electrons. The molecule has 0 heterocycles. The molecular formula is C10H22BrN. The first-order valence-corrected chi connectivity index (χ1v) is 6.15. The van der Waals surface area contributed by atoms with Gasteiger partial charge in [-0.05, 0) is 18.9 Å². The summed E-state index contributed by atoms with van der Waals surface area (Å²) in [6.07, 6.45) is 2.67. The highest BCUT2D eigenvalue weighted by Crippen LogP contribution is 2.07. The lowest BCUT2D eigenvalue weighted by Crippen LogP contribution is -2.30. The Morgan fingerprint density at radius 3 is 2.42 bits per heavy atom. The van der Waals surface area contributed by atoms with Crippen molar-refractivity contribution in [2.45, 2.75) is 33.6 Å². The Bertz CT molecular complexity index is 95.8. The number of halogens is 1. The van der Waals surface area contributed by atoms with Crippen molar-refractivity contribution in [1.82, 2.24) is 4.90 Å². The molecule has 2 heteroatoms. The number of hydrogen-bond donors (Lipinski definition) is 0. The van der Waals surface area contributed by atoms with Crippen LogP contribution in [0.4, 0.5) is 0 Å². The minimum Gasteiger partial charge on any atom is -0.303 e. The highest BCUT2D eigenvalue weighted by atomic mass is 79.9. The predicted octanol–water partition coefficient (Wildman–Crippen LogP) is 3.14. The van der Waals surface area contributed by atoms with Gasteiger partial charge >= 0.3 is 0 Å². The molecule has 0 aromatic carbocycles. The van der Waals surface area contributed by atoms with Crippen molar-refractivity contribution in [3.05, 3.63) is 0 Å². The van der Waals surface area contributed by atoms with E-state index in [-0.39, 0.29) is 0 Å². The topological polar surface area (TPSA) is 3.24 Å². The minimum absolute atomic E-state index is 0.856. The van der Waals surface area contributed by atoms with E-state index in [1.165, 1.54) is 32.5 Å². The fourth-order valence-electron chi connectivity index (χ4n) is 1.52. The van der Waals surface area contributed by atoms with Crippen LogP contribution in [0.1, 0.15) is 33.6 Å². The molecule has 0 aliphatic heterocycles. The smallest absolute Gasteiger partial charge is 0.0159 e. The Hall–Kier alpha value is 0.440. The Balaban J connectivity index is 3.53. The zero-order valence-electron chi connectivity index (χ0n) is 8.65. The number of nitrogens with zero attached hydrogens (tertiary/aromatic N) is 1. The van der Waals surface area contributed by atoms with Crippen LogP contribution < -0.4 is 0 Å². The van der Waals surface area contributed by atoms with Crippen molar-refractivity contribution in [3.8, 4) is 0 Å². The van der Waals surface area contributed by atoms with Gasteiger partial charge in [-0.15, -0.1) is 0 Å². The molecule has 1 unspecified atom stereocenters. The maximum absolute atomic E-state index is 3.48. The van der Waals surface area contributed by atoms with E-state index in [0.717, 1.165) is 11.2 Å². The number of hydrogen-bond acceptors (Lipinski definition) is 1. The molecule has 0 spiro atoms. The van der Waals surface area contributed by atoms with Gasteiger partial charge in [0.25, 0.3) is 0 Å². The van der Waals surface area contributed by atoms with E-state index < -0.39 is 0 Å². The average Bonchev–Trinajstić information content (AvgIpc) is 2.04. The summed E-state index contributed by atoms with van der Waals surface area (Å²) in [5.41, 5.74) is 0. The third-order valence-corrected chi connectivity index (χ3v) is 2.55. The second-order valence-electron chi connectivity index (χ2n) is 3.48. The molecule has 1 atom stereocenters. The fraction of sp³-hybridized carbons (Fsp3) is 1.00. The van der Waals surface area contributed by atoms with Crippen molar-refractivity contribution in [3.63, 3.8) is 0 Å². The van der Waals surface area contributed by atoms with E-state index in [9.17, 15) is 0 Å². The van der Waals surface area contributed by atoms with Crippen LogP contribution in [0.25, 0.3) is 0 Å². The zero-order chi connectivity index (χ0) is 9.40. The fourth-order valence-corrected chi connectivity index (χ4v) is 2.02. The Morgan fingerprint density at radius 1 is 1.33 bits per heavy atom. The first kappa shape index (κ1) is 12.4. The van der Waals surface area contributed by atoms with Crippen LogP contribution in [0.2, 0.25) is 0 Å². The molecule has 0 amide bonds. The third-order valence-electron chi connectivity index (χ3n) is 2.20. The Morgan fingerprint density at radius 2 is 2.00 bits per heavy atom. The quantitative estimate of drug-likeness (QED) is 0.614. The van der Waals surface area contributed by atoms with Crippen LogP contribution in [0.5, 0.6) is 0 Å². The van der Waals surface area contributed by atoms with Crippen molar-refractivity contribution >= 4 is 15.9 Å². The molecule has 1 nitrogen and oxygen atoms in total. The molecule has 74 valence electrons. The Labute approximate surface area is 85.7 Å². The lowest BCUT2D eigenvalue weighted by atomic mass is 10.1. The van der Waals surface area contributed by atoms with E-state index in [4.69, 9.17) is 0 Å². The average molecular weight is 236 g/mol. The molecule has 0 aliphatic rings. The molecule has 12 heavy (non-hydrogen) atoms. The molecule has 0 N–H and O–H groups in total. The summed E-state index contributed by atoms with van der Waals surface area (Å²) in [7, 11) is 0. The molecule has 0 saturated carbocycles. The monoisotopic (exact) mass is 235 g/mol. The van der Waals surface area contributed by atoms with Crippen LogP contribution in [0.15, 0.2) is 0 Å². The van der Waals surface area contributed by atoms with Gasteiger partial charge in [0.2, 0.25) is 0 Å². The standard InChI is InChI=1S/C10H22BrN/c1-4-6-10(3)9-12(5-2)8-7-11/h10H,4-9H2,1-3H3. The number of alkyl halides is 1. The minimum atomic E-state index is 0.856. The summed E-state index contributed by atoms with van der Waals surface area (Å²) in [5.74, 6) is 0.856. The first-order chi connectivity index (χ1) is 5.74. The molecule has 0 aromatic rings. The Kier molecular flexibility index (Phi) is 8.35. The largest absolute Gasteiger partial charge is 0.303 e. The summed E-state index contributed by atoms with van der Waals surface area (Å²) >= 11 is 3.48. The van der Waals surface area contributed by atoms with E-state index in [1.807, 2.05) is 0 Å². The molecule has 0 bridgehead atoms. The summed E-state index contributed by atoms with van der Waals surface area (Å²) in [5, 5.41) is 1.10. The van der Waals surface area contributed by atoms with Crippen molar-refractivity contribution in [1.29, 1.82) is 0 Å². The summed E-state index contributed by atoms with van der Waals surface area (Å²) in [6, 6.07) is 0. The van der Waals surface area contributed by atoms with Crippen LogP contribution in [0.3, 0.4) is 0 Å². The molecule has 0 rings (SSSR count). The highest BCUT2D eigenvalue weighted by Gasteiger charge is 2.06. The van der Waals surface area contributed by atoms with Crippen molar-refractivity contribution in [2.75, 3.05) is 25.0 Å². The van der Waals surface area contributed by atoms with E-state index >= 15 is 0 Å². The zero-order valence-corrected chi connectivity index (χ0v) is 10.2. The molecule has 0 saturated heterocycles. The van der Waals surface area contributed by atoms with Gasteiger partial charge in [0.15, 0.2) is 0 Å². The number of rotatable bonds is 7.